The predicted molar refractivity (Wildman–Crippen MR) is 95.2 cm³/mol. The number of benzene rings is 1. The van der Waals surface area contributed by atoms with Crippen LogP contribution in [-0.4, -0.2) is 30.8 Å². The summed E-state index contributed by atoms with van der Waals surface area (Å²) in [6.07, 6.45) is 5.41. The molecule has 0 spiro atoms. The maximum Gasteiger partial charge on any atom is 0.231 e. The Morgan fingerprint density at radius 3 is 2.84 bits per heavy atom. The minimum atomic E-state index is -0.0154. The molecule has 0 atom stereocenters. The van der Waals surface area contributed by atoms with Gasteiger partial charge in [-0.15, -0.1) is 0 Å². The Balaban J connectivity index is 1.33. The smallest absolute Gasteiger partial charge is 0.231 e. The number of rotatable bonds is 5. The van der Waals surface area contributed by atoms with E-state index in [1.807, 2.05) is 24.4 Å². The van der Waals surface area contributed by atoms with Crippen LogP contribution in [0.3, 0.4) is 0 Å². The highest BCUT2D eigenvalue weighted by Gasteiger charge is 2.15. The fourth-order valence-corrected chi connectivity index (χ4v) is 3.19. The van der Waals surface area contributed by atoms with Gasteiger partial charge in [0.1, 0.15) is 5.82 Å². The van der Waals surface area contributed by atoms with Crippen LogP contribution in [0, 0.1) is 0 Å². The molecule has 1 aromatic heterocycles. The summed E-state index contributed by atoms with van der Waals surface area (Å²) in [6.45, 7) is 2.37. The lowest BCUT2D eigenvalue weighted by molar-refractivity contribution is -0.116. The lowest BCUT2D eigenvalue weighted by Crippen LogP contribution is -2.19. The van der Waals surface area contributed by atoms with Crippen molar-refractivity contribution in [1.82, 2.24) is 4.98 Å². The van der Waals surface area contributed by atoms with Crippen molar-refractivity contribution >= 4 is 17.4 Å². The average Bonchev–Trinajstić information content (AvgIpc) is 3.31. The fourth-order valence-electron chi connectivity index (χ4n) is 3.19. The van der Waals surface area contributed by atoms with Gasteiger partial charge >= 0.3 is 0 Å². The van der Waals surface area contributed by atoms with Gasteiger partial charge in [-0.3, -0.25) is 4.79 Å². The molecule has 0 saturated carbocycles. The van der Waals surface area contributed by atoms with Crippen LogP contribution in [0.25, 0.3) is 0 Å². The van der Waals surface area contributed by atoms with E-state index in [4.69, 9.17) is 9.47 Å². The van der Waals surface area contributed by atoms with Crippen LogP contribution in [0.5, 0.6) is 11.5 Å². The highest BCUT2D eigenvalue weighted by molar-refractivity contribution is 5.91. The van der Waals surface area contributed by atoms with E-state index < -0.39 is 0 Å². The van der Waals surface area contributed by atoms with Crippen LogP contribution < -0.4 is 19.7 Å². The molecule has 2 aliphatic rings. The molecule has 2 aliphatic heterocycles. The van der Waals surface area contributed by atoms with Gasteiger partial charge in [-0.2, -0.15) is 0 Å². The van der Waals surface area contributed by atoms with Crippen molar-refractivity contribution in [3.8, 4) is 11.5 Å². The van der Waals surface area contributed by atoms with Crippen LogP contribution in [0.4, 0.5) is 11.5 Å². The van der Waals surface area contributed by atoms with E-state index >= 15 is 0 Å². The van der Waals surface area contributed by atoms with Gasteiger partial charge in [0.25, 0.3) is 0 Å². The Labute approximate surface area is 146 Å². The second kappa shape index (κ2) is 7.01. The number of anilines is 2. The molecule has 1 fully saturated rings. The van der Waals surface area contributed by atoms with Gasteiger partial charge in [0.05, 0.1) is 0 Å². The molecule has 6 heteroatoms. The lowest BCUT2D eigenvalue weighted by Gasteiger charge is -2.16. The van der Waals surface area contributed by atoms with Gasteiger partial charge in [-0.25, -0.2) is 4.98 Å². The monoisotopic (exact) mass is 339 g/mol. The summed E-state index contributed by atoms with van der Waals surface area (Å²) in [7, 11) is 0. The zero-order valence-corrected chi connectivity index (χ0v) is 14.0. The highest BCUT2D eigenvalue weighted by Crippen LogP contribution is 2.34. The van der Waals surface area contributed by atoms with E-state index in [-0.39, 0.29) is 12.7 Å². The summed E-state index contributed by atoms with van der Waals surface area (Å²) in [5.41, 5.74) is 1.86. The van der Waals surface area contributed by atoms with Crippen molar-refractivity contribution in [2.24, 2.45) is 0 Å². The molecule has 0 bridgehead atoms. The Morgan fingerprint density at radius 1 is 1.12 bits per heavy atom. The second-order valence-corrected chi connectivity index (χ2v) is 6.33. The number of ether oxygens (including phenoxy) is 2. The van der Waals surface area contributed by atoms with Gasteiger partial charge in [0.2, 0.25) is 12.7 Å². The third-order valence-corrected chi connectivity index (χ3v) is 4.54. The maximum absolute atomic E-state index is 12.2. The van der Waals surface area contributed by atoms with Gasteiger partial charge in [-0.05, 0) is 49.1 Å². The molecule has 4 rings (SSSR count). The van der Waals surface area contributed by atoms with E-state index in [2.05, 4.69) is 21.3 Å². The van der Waals surface area contributed by atoms with Crippen molar-refractivity contribution in [3.05, 3.63) is 42.1 Å². The summed E-state index contributed by atoms with van der Waals surface area (Å²) in [5, 5.41) is 2.91. The first kappa shape index (κ1) is 15.7. The van der Waals surface area contributed by atoms with Crippen molar-refractivity contribution in [2.45, 2.75) is 25.7 Å². The number of hydrogen-bond donors (Lipinski definition) is 1. The Kier molecular flexibility index (Phi) is 4.41. The lowest BCUT2D eigenvalue weighted by atomic mass is 10.1. The third kappa shape index (κ3) is 3.68. The van der Waals surface area contributed by atoms with Gasteiger partial charge in [-0.1, -0.05) is 0 Å². The molecule has 1 saturated heterocycles. The zero-order chi connectivity index (χ0) is 17.1. The molecule has 1 N–H and O–H groups in total. The van der Waals surface area contributed by atoms with Gasteiger partial charge < -0.3 is 19.7 Å². The van der Waals surface area contributed by atoms with Crippen LogP contribution in [0.1, 0.15) is 24.8 Å². The molecule has 6 nitrogen and oxygen atoms in total. The molecule has 1 aromatic carbocycles. The van der Waals surface area contributed by atoms with Crippen LogP contribution in [0.2, 0.25) is 0 Å². The SMILES string of the molecule is O=C(CCc1ccnc(N2CCCC2)c1)Nc1ccc2c(c1)OCO2. The number of pyridine rings is 1. The molecule has 0 aliphatic carbocycles. The largest absolute Gasteiger partial charge is 0.454 e. The van der Waals surface area contributed by atoms with Gasteiger partial charge in [0.15, 0.2) is 11.5 Å². The molecule has 0 unspecified atom stereocenters. The van der Waals surface area contributed by atoms with E-state index in [9.17, 15) is 4.79 Å². The van der Waals surface area contributed by atoms with E-state index in [0.717, 1.165) is 30.2 Å². The molecule has 3 heterocycles. The Morgan fingerprint density at radius 2 is 1.96 bits per heavy atom. The standard InChI is InChI=1S/C19H21N3O3/c23-19(21-15-4-5-16-17(12-15)25-13-24-16)6-3-14-7-8-20-18(11-14)22-9-1-2-10-22/h4-5,7-8,11-12H,1-3,6,9-10,13H2,(H,21,23). The minimum Gasteiger partial charge on any atom is -0.454 e. The van der Waals surface area contributed by atoms with Crippen LogP contribution in [0.15, 0.2) is 36.5 Å². The number of carbonyl (C=O) groups is 1. The first-order valence-electron chi connectivity index (χ1n) is 8.67. The first-order chi connectivity index (χ1) is 12.3. The fraction of sp³-hybridized carbons (Fsp3) is 0.368. The molecule has 0 radical (unpaired) electrons. The quantitative estimate of drug-likeness (QED) is 0.907. The molecule has 2 aromatic rings. The molecular formula is C19H21N3O3. The molecule has 130 valence electrons. The van der Waals surface area contributed by atoms with Crippen LogP contribution in [-0.2, 0) is 11.2 Å². The summed E-state index contributed by atoms with van der Waals surface area (Å²) < 4.78 is 10.6. The summed E-state index contributed by atoms with van der Waals surface area (Å²) in [5.74, 6) is 2.39. The molecule has 25 heavy (non-hydrogen) atoms. The molecular weight excluding hydrogens is 318 g/mol. The highest BCUT2D eigenvalue weighted by atomic mass is 16.7. The summed E-state index contributed by atoms with van der Waals surface area (Å²) in [6, 6.07) is 9.50. The Bertz CT molecular complexity index is 772. The second-order valence-electron chi connectivity index (χ2n) is 6.33. The Hall–Kier alpha value is -2.76. The van der Waals surface area contributed by atoms with Crippen LogP contribution >= 0.6 is 0 Å². The number of fused-ring (bicyclic) bond motifs is 1. The van der Waals surface area contributed by atoms with E-state index in [1.54, 1.807) is 6.07 Å². The summed E-state index contributed by atoms with van der Waals surface area (Å²) >= 11 is 0. The van der Waals surface area contributed by atoms with Crippen molar-refractivity contribution < 1.29 is 14.3 Å². The number of nitrogens with zero attached hydrogens (tertiary/aromatic N) is 2. The number of hydrogen-bond acceptors (Lipinski definition) is 5. The number of aromatic nitrogens is 1. The summed E-state index contributed by atoms with van der Waals surface area (Å²) in [4.78, 5) is 19.0. The topological polar surface area (TPSA) is 63.7 Å². The number of nitrogens with one attached hydrogen (secondary N) is 1. The molecule has 1 amide bonds. The normalized spacial score (nSPS) is 15.4. The predicted octanol–water partition coefficient (Wildman–Crippen LogP) is 2.98. The van der Waals surface area contributed by atoms with Gasteiger partial charge in [0, 0.05) is 37.5 Å². The average molecular weight is 339 g/mol. The number of carbonyl (C=O) groups excluding carboxylic acids is 1. The zero-order valence-electron chi connectivity index (χ0n) is 14.0. The van der Waals surface area contributed by atoms with Crippen molar-refractivity contribution in [1.29, 1.82) is 0 Å². The van der Waals surface area contributed by atoms with Crippen molar-refractivity contribution in [3.63, 3.8) is 0 Å². The van der Waals surface area contributed by atoms with E-state index in [1.165, 1.54) is 12.8 Å². The van der Waals surface area contributed by atoms with Crippen molar-refractivity contribution in [2.75, 3.05) is 30.1 Å². The third-order valence-electron chi connectivity index (χ3n) is 4.54. The maximum atomic E-state index is 12.2. The number of amides is 1. The first-order valence-corrected chi connectivity index (χ1v) is 8.67. The minimum absolute atomic E-state index is 0.0154. The van der Waals surface area contributed by atoms with E-state index in [0.29, 0.717) is 24.3 Å². The number of aryl methyl sites for hydroxylation is 1.